The van der Waals surface area contributed by atoms with Crippen LogP contribution in [0, 0.1) is 27.7 Å². The van der Waals surface area contributed by atoms with E-state index in [-0.39, 0.29) is 24.8 Å². The Bertz CT molecular complexity index is 1700. The van der Waals surface area contributed by atoms with Gasteiger partial charge in [0.2, 0.25) is 0 Å². The molecule has 0 fully saturated rings. The molecule has 2 atom stereocenters. The van der Waals surface area contributed by atoms with Crippen molar-refractivity contribution in [1.82, 2.24) is 0 Å². The largest absolute Gasteiger partial charge is 1.00 e. The van der Waals surface area contributed by atoms with Crippen molar-refractivity contribution in [2.45, 2.75) is 61.9 Å². The molecule has 2 aliphatic carbocycles. The standard InChI is InChI=1S/C38H38Si.2ClH.Zr/c1-23-13-9-17-31(27(23)5)33-19-11-15-29-21-25(3)37(35(29)33)39(7,8)38-26(4)22-30-16-12-20-34(36(30)38)32-18-10-14-24(2)28(32)6;;;/h9-22H,1-8H3;2*1H;/q;;;+2/p-2. The minimum atomic E-state index is -2.08. The van der Waals surface area contributed by atoms with E-state index in [2.05, 4.69) is 127 Å². The van der Waals surface area contributed by atoms with Crippen molar-refractivity contribution in [3.63, 3.8) is 0 Å². The normalized spacial score (nSPS) is 19.0. The zero-order chi connectivity index (χ0) is 28.1. The number of halogens is 2. The Morgan fingerprint density at radius 1 is 0.500 bits per heavy atom. The Hall–Kier alpha value is -1.96. The van der Waals surface area contributed by atoms with E-state index in [1.165, 1.54) is 44.5 Å². The molecule has 4 heteroatoms. The van der Waals surface area contributed by atoms with E-state index >= 15 is 0 Å². The van der Waals surface area contributed by atoms with Crippen LogP contribution in [-0.2, 0) is 23.2 Å². The van der Waals surface area contributed by atoms with E-state index < -0.39 is 31.3 Å². The van der Waals surface area contributed by atoms with Crippen molar-refractivity contribution in [2.75, 3.05) is 0 Å². The third kappa shape index (κ3) is 4.31. The van der Waals surface area contributed by atoms with Gasteiger partial charge in [-0.1, -0.05) is 0 Å². The smallest absolute Gasteiger partial charge is 1.00 e. The molecule has 0 nitrogen and oxygen atoms in total. The average molecular weight is 685 g/mol. The van der Waals surface area contributed by atoms with Crippen LogP contribution in [0.2, 0.25) is 13.1 Å². The van der Waals surface area contributed by atoms with Crippen molar-refractivity contribution in [2.24, 2.45) is 0 Å². The van der Waals surface area contributed by atoms with Crippen LogP contribution in [0.5, 0.6) is 0 Å². The summed E-state index contributed by atoms with van der Waals surface area (Å²) in [6.07, 6.45) is 0. The first-order chi connectivity index (χ1) is 19.1. The van der Waals surface area contributed by atoms with Gasteiger partial charge in [0.05, 0.1) is 0 Å². The van der Waals surface area contributed by atoms with Gasteiger partial charge in [-0.15, -0.1) is 0 Å². The summed E-state index contributed by atoms with van der Waals surface area (Å²) in [4.78, 5) is 0. The molecule has 0 spiro atoms. The second-order valence-corrected chi connectivity index (χ2v) is 20.7. The molecule has 0 saturated heterocycles. The van der Waals surface area contributed by atoms with Gasteiger partial charge in [-0.3, -0.25) is 0 Å². The summed E-state index contributed by atoms with van der Waals surface area (Å²) in [5.74, 6) is 0. The van der Waals surface area contributed by atoms with Crippen molar-refractivity contribution < 1.29 is 48.0 Å². The van der Waals surface area contributed by atoms with Crippen LogP contribution in [0.3, 0.4) is 0 Å². The summed E-state index contributed by atoms with van der Waals surface area (Å²) in [7, 11) is -2.08. The second-order valence-electron chi connectivity index (χ2n) is 12.8. The number of hydrogen-bond donors (Lipinski definition) is 0. The van der Waals surface area contributed by atoms with Gasteiger partial charge in [-0.2, -0.15) is 0 Å². The molecule has 42 heavy (non-hydrogen) atoms. The van der Waals surface area contributed by atoms with Crippen LogP contribution in [0.15, 0.2) is 83.9 Å². The fourth-order valence-electron chi connectivity index (χ4n) is 8.20. The summed E-state index contributed by atoms with van der Waals surface area (Å²) in [5, 5.41) is 3.47. The zero-order valence-electron chi connectivity index (χ0n) is 25.8. The van der Waals surface area contributed by atoms with E-state index in [1.807, 2.05) is 0 Å². The van der Waals surface area contributed by atoms with Gasteiger partial charge in [0.1, 0.15) is 0 Å². The maximum atomic E-state index is 2.67. The maximum Gasteiger partial charge on any atom is -1.00 e. The van der Waals surface area contributed by atoms with Crippen molar-refractivity contribution >= 4 is 18.5 Å². The minimum Gasteiger partial charge on any atom is -1.00 e. The molecule has 0 N–H and O–H groups in total. The summed E-state index contributed by atoms with van der Waals surface area (Å²) in [5.41, 5.74) is 21.3. The number of rotatable bonds is 2. The molecule has 0 saturated carbocycles. The van der Waals surface area contributed by atoms with Gasteiger partial charge in [-0.25, -0.2) is 0 Å². The third-order valence-electron chi connectivity index (χ3n) is 10.3. The fraction of sp³-hybridized carbons (Fsp3) is 0.263. The SMILES string of the molecule is CC1=C2c3c(-c4cccc(C)c4C)cccc3[CH]1[Zr+2][CH]1C(C)=C(c3c(-c4cccc(C)c4C)cccc31)[Si]2(C)C.[Cl-].[Cl-]. The van der Waals surface area contributed by atoms with Gasteiger partial charge in [0.15, 0.2) is 0 Å². The first-order valence-electron chi connectivity index (χ1n) is 14.7. The molecule has 4 aromatic rings. The second kappa shape index (κ2) is 11.2. The molecule has 1 heterocycles. The molecule has 212 valence electrons. The Balaban J connectivity index is 0.00000176. The molecule has 1 aliphatic heterocycles. The molecule has 4 aromatic carbocycles. The third-order valence-corrected chi connectivity index (χ3v) is 19.4. The molecule has 7 rings (SSSR count). The van der Waals surface area contributed by atoms with Crippen molar-refractivity contribution in [3.8, 4) is 22.3 Å². The van der Waals surface area contributed by atoms with Gasteiger partial charge in [0.25, 0.3) is 0 Å². The summed E-state index contributed by atoms with van der Waals surface area (Å²) >= 11 is -0.896. The van der Waals surface area contributed by atoms with Crippen LogP contribution in [0.4, 0.5) is 0 Å². The van der Waals surface area contributed by atoms with Gasteiger partial charge in [0, 0.05) is 0 Å². The summed E-state index contributed by atoms with van der Waals surface area (Å²) in [6, 6.07) is 28.2. The molecular weight excluding hydrogens is 647 g/mol. The van der Waals surface area contributed by atoms with Crippen molar-refractivity contribution in [1.29, 1.82) is 0 Å². The van der Waals surface area contributed by atoms with E-state index in [4.69, 9.17) is 0 Å². The van der Waals surface area contributed by atoms with E-state index in [0.717, 1.165) is 0 Å². The minimum absolute atomic E-state index is 0. The van der Waals surface area contributed by atoms with Crippen LogP contribution in [0.25, 0.3) is 32.6 Å². The number of fused-ring (bicyclic) bond motifs is 8. The molecule has 3 aliphatic rings. The van der Waals surface area contributed by atoms with Crippen LogP contribution in [-0.4, -0.2) is 8.07 Å². The fourth-order valence-corrected chi connectivity index (χ4v) is 18.0. The number of benzene rings is 4. The van der Waals surface area contributed by atoms with Crippen LogP contribution < -0.4 is 24.8 Å². The number of allylic oxidation sites excluding steroid dienone is 2. The Morgan fingerprint density at radius 2 is 0.857 bits per heavy atom. The van der Waals surface area contributed by atoms with Gasteiger partial charge in [-0.05, 0) is 0 Å². The number of hydrogen-bond acceptors (Lipinski definition) is 0. The molecular formula is C38H38Cl2SiZr. The predicted octanol–water partition coefficient (Wildman–Crippen LogP) is 4.50. The van der Waals surface area contributed by atoms with Crippen LogP contribution in [0.1, 0.15) is 65.6 Å². The summed E-state index contributed by atoms with van der Waals surface area (Å²) < 4.78 is 1.31. The van der Waals surface area contributed by atoms with Gasteiger partial charge < -0.3 is 24.8 Å². The Labute approximate surface area is 277 Å². The molecule has 2 unspecified atom stereocenters. The zero-order valence-corrected chi connectivity index (χ0v) is 30.8. The molecule has 0 radical (unpaired) electrons. The average Bonchev–Trinajstić information content (AvgIpc) is 3.40. The maximum absolute atomic E-state index is 2.67. The summed E-state index contributed by atoms with van der Waals surface area (Å²) in [6.45, 7) is 19.5. The van der Waals surface area contributed by atoms with Crippen molar-refractivity contribution in [3.05, 3.63) is 128 Å². The molecule has 0 amide bonds. The predicted molar refractivity (Wildman–Crippen MR) is 171 cm³/mol. The van der Waals surface area contributed by atoms with E-state index in [9.17, 15) is 0 Å². The quantitative estimate of drug-likeness (QED) is 0.273. The monoisotopic (exact) mass is 682 g/mol. The Morgan fingerprint density at radius 3 is 1.26 bits per heavy atom. The molecule has 0 aromatic heterocycles. The first-order valence-corrected chi connectivity index (χ1v) is 20.5. The first kappa shape index (κ1) is 31.5. The van der Waals surface area contributed by atoms with E-state index in [1.54, 1.807) is 43.8 Å². The van der Waals surface area contributed by atoms with Crippen LogP contribution >= 0.6 is 0 Å². The number of aryl methyl sites for hydroxylation is 2. The molecule has 4 bridgehead atoms. The Kier molecular flexibility index (Phi) is 8.39. The topological polar surface area (TPSA) is 0 Å². The van der Waals surface area contributed by atoms with E-state index in [0.29, 0.717) is 7.25 Å². The van der Waals surface area contributed by atoms with Gasteiger partial charge >= 0.3 is 254 Å².